The van der Waals surface area contributed by atoms with Crippen LogP contribution >= 0.6 is 11.3 Å². The zero-order chi connectivity index (χ0) is 24.1. The van der Waals surface area contributed by atoms with Crippen molar-refractivity contribution in [1.29, 1.82) is 0 Å². The lowest BCUT2D eigenvalue weighted by Gasteiger charge is -2.12. The summed E-state index contributed by atoms with van der Waals surface area (Å²) in [7, 11) is -3.66. The quantitative estimate of drug-likeness (QED) is 0.348. The van der Waals surface area contributed by atoms with Crippen LogP contribution in [0.4, 0.5) is 5.69 Å². The first kappa shape index (κ1) is 23.9. The molecule has 34 heavy (non-hydrogen) atoms. The summed E-state index contributed by atoms with van der Waals surface area (Å²) >= 11 is 1.49. The number of carbonyl (C=O) groups is 1. The van der Waals surface area contributed by atoms with Crippen LogP contribution in [0, 0.1) is 0 Å². The van der Waals surface area contributed by atoms with Crippen molar-refractivity contribution in [2.75, 3.05) is 5.32 Å². The molecule has 2 aromatic carbocycles. The predicted octanol–water partition coefficient (Wildman–Crippen LogP) is 4.85. The number of nitrogens with zero attached hydrogens (tertiary/aromatic N) is 2. The zero-order valence-corrected chi connectivity index (χ0v) is 20.6. The number of hydrogen-bond acceptors (Lipinski definition) is 5. The molecule has 0 aliphatic heterocycles. The Hall–Kier alpha value is -3.27. The van der Waals surface area contributed by atoms with Crippen molar-refractivity contribution in [1.82, 2.24) is 14.3 Å². The molecule has 0 saturated carbocycles. The summed E-state index contributed by atoms with van der Waals surface area (Å²) < 4.78 is 29.7. The lowest BCUT2D eigenvalue weighted by atomic mass is 10.1. The summed E-state index contributed by atoms with van der Waals surface area (Å²) in [6, 6.07) is 17.3. The third-order valence-corrected chi connectivity index (χ3v) is 7.54. The topological polar surface area (TPSA) is 93.1 Å². The van der Waals surface area contributed by atoms with Crippen LogP contribution in [0.3, 0.4) is 0 Å². The molecule has 4 rings (SSSR count). The largest absolute Gasteiger partial charge is 0.330 e. The normalized spacial score (nSPS) is 11.6. The molecule has 2 heterocycles. The number of thiophene rings is 1. The second-order valence-corrected chi connectivity index (χ2v) is 11.0. The van der Waals surface area contributed by atoms with E-state index < -0.39 is 10.0 Å². The maximum Gasteiger partial charge on any atom is 0.255 e. The van der Waals surface area contributed by atoms with Crippen LogP contribution in [-0.2, 0) is 23.1 Å². The van der Waals surface area contributed by atoms with E-state index in [9.17, 15) is 13.2 Å². The molecule has 9 heteroatoms. The monoisotopic (exact) mass is 494 g/mol. The van der Waals surface area contributed by atoms with Gasteiger partial charge in [-0.15, -0.1) is 11.3 Å². The number of imidazole rings is 1. The number of rotatable bonds is 9. The van der Waals surface area contributed by atoms with Gasteiger partial charge in [0.05, 0.1) is 4.90 Å². The van der Waals surface area contributed by atoms with Crippen LogP contribution in [0.25, 0.3) is 0 Å². The first-order chi connectivity index (χ1) is 16.3. The molecule has 4 aromatic rings. The molecule has 0 atom stereocenters. The van der Waals surface area contributed by atoms with E-state index in [1.807, 2.05) is 48.0 Å². The van der Waals surface area contributed by atoms with Gasteiger partial charge in [-0.3, -0.25) is 4.79 Å². The molecule has 0 fully saturated rings. The van der Waals surface area contributed by atoms with Crippen LogP contribution in [0.1, 0.15) is 46.4 Å². The van der Waals surface area contributed by atoms with Crippen molar-refractivity contribution >= 4 is 33.0 Å². The molecule has 2 aromatic heterocycles. The third-order valence-electron chi connectivity index (χ3n) is 5.25. The van der Waals surface area contributed by atoms with Crippen molar-refractivity contribution < 1.29 is 13.2 Å². The predicted molar refractivity (Wildman–Crippen MR) is 135 cm³/mol. The molecule has 0 spiro atoms. The lowest BCUT2D eigenvalue weighted by Crippen LogP contribution is -2.23. The zero-order valence-electron chi connectivity index (χ0n) is 18.9. The Balaban J connectivity index is 1.41. The van der Waals surface area contributed by atoms with Crippen molar-refractivity contribution in [2.24, 2.45) is 0 Å². The van der Waals surface area contributed by atoms with Gasteiger partial charge in [0.25, 0.3) is 5.91 Å². The highest BCUT2D eigenvalue weighted by molar-refractivity contribution is 7.89. The third kappa shape index (κ3) is 5.80. The molecule has 0 saturated heterocycles. The van der Waals surface area contributed by atoms with Gasteiger partial charge in [-0.1, -0.05) is 32.0 Å². The number of hydrogen-bond donors (Lipinski definition) is 2. The average Bonchev–Trinajstić information content (AvgIpc) is 3.50. The Kier molecular flexibility index (Phi) is 7.26. The van der Waals surface area contributed by atoms with Crippen molar-refractivity contribution in [3.63, 3.8) is 0 Å². The van der Waals surface area contributed by atoms with Crippen molar-refractivity contribution in [2.45, 2.75) is 37.8 Å². The first-order valence-electron chi connectivity index (χ1n) is 10.9. The number of aromatic nitrogens is 2. The molecule has 1 amide bonds. The summed E-state index contributed by atoms with van der Waals surface area (Å²) in [4.78, 5) is 18.2. The minimum absolute atomic E-state index is 0.115. The van der Waals surface area contributed by atoms with E-state index >= 15 is 0 Å². The average molecular weight is 495 g/mol. The number of amides is 1. The smallest absolute Gasteiger partial charge is 0.255 e. The highest BCUT2D eigenvalue weighted by Crippen LogP contribution is 2.18. The minimum Gasteiger partial charge on any atom is -0.330 e. The van der Waals surface area contributed by atoms with Crippen LogP contribution in [0.5, 0.6) is 0 Å². The highest BCUT2D eigenvalue weighted by Gasteiger charge is 2.15. The Morgan fingerprint density at radius 3 is 2.59 bits per heavy atom. The Morgan fingerprint density at radius 2 is 1.88 bits per heavy atom. The number of carbonyl (C=O) groups excluding carboxylic acids is 1. The molecule has 176 valence electrons. The molecule has 0 bridgehead atoms. The molecular weight excluding hydrogens is 468 g/mol. The second-order valence-electron chi connectivity index (χ2n) is 8.15. The lowest BCUT2D eigenvalue weighted by molar-refractivity contribution is 0.102. The summed E-state index contributed by atoms with van der Waals surface area (Å²) in [5, 5.41) is 4.79. The molecule has 2 N–H and O–H groups in total. The fourth-order valence-electron chi connectivity index (χ4n) is 3.55. The maximum atomic E-state index is 12.7. The van der Waals surface area contributed by atoms with E-state index in [1.54, 1.807) is 6.20 Å². The van der Waals surface area contributed by atoms with Crippen LogP contribution in [-0.4, -0.2) is 23.9 Å². The molecule has 0 radical (unpaired) electrons. The van der Waals surface area contributed by atoms with E-state index in [2.05, 4.69) is 33.4 Å². The summed E-state index contributed by atoms with van der Waals surface area (Å²) in [5.41, 5.74) is 2.08. The van der Waals surface area contributed by atoms with Crippen LogP contribution in [0.2, 0.25) is 0 Å². The number of benzene rings is 2. The van der Waals surface area contributed by atoms with Gasteiger partial charge in [-0.05, 0) is 53.4 Å². The number of sulfonamides is 1. The van der Waals surface area contributed by atoms with Gasteiger partial charge >= 0.3 is 0 Å². The van der Waals surface area contributed by atoms with Gasteiger partial charge in [0.2, 0.25) is 10.0 Å². The van der Waals surface area contributed by atoms with Crippen LogP contribution < -0.4 is 10.0 Å². The maximum absolute atomic E-state index is 12.7. The van der Waals surface area contributed by atoms with Gasteiger partial charge < -0.3 is 9.88 Å². The minimum atomic E-state index is -3.66. The molecular formula is C25H26N4O3S2. The SMILES string of the molecule is CC(C)c1nccn1Cc1cccc(NC(=O)c2ccc(S(=O)(=O)NCc3cccs3)cc2)c1. The first-order valence-corrected chi connectivity index (χ1v) is 13.2. The van der Waals surface area contributed by atoms with Gasteiger partial charge in [0.1, 0.15) is 5.82 Å². The standard InChI is InChI=1S/C25H26N4O3S2/c1-18(2)24-26-12-13-29(24)17-19-5-3-6-21(15-19)28-25(30)20-8-10-23(11-9-20)34(31,32)27-16-22-7-4-14-33-22/h3-15,18,27H,16-17H2,1-2H3,(H,28,30). The van der Waals surface area contributed by atoms with Crippen molar-refractivity contribution in [3.8, 4) is 0 Å². The van der Waals surface area contributed by atoms with Gasteiger partial charge in [-0.2, -0.15) is 0 Å². The van der Waals surface area contributed by atoms with E-state index in [0.29, 0.717) is 23.7 Å². The molecule has 0 aliphatic rings. The fraction of sp³-hybridized carbons (Fsp3) is 0.200. The summed E-state index contributed by atoms with van der Waals surface area (Å²) in [5.74, 6) is 1.02. The van der Waals surface area contributed by atoms with Gasteiger partial charge in [-0.25, -0.2) is 18.1 Å². The van der Waals surface area contributed by atoms with Crippen LogP contribution in [0.15, 0.2) is 83.3 Å². The van der Waals surface area contributed by atoms with E-state index in [4.69, 9.17) is 0 Å². The summed E-state index contributed by atoms with van der Waals surface area (Å²) in [6.45, 7) is 5.09. The van der Waals surface area contributed by atoms with E-state index in [-0.39, 0.29) is 17.3 Å². The van der Waals surface area contributed by atoms with Gasteiger partial charge in [0, 0.05) is 47.5 Å². The number of nitrogens with one attached hydrogen (secondary N) is 2. The summed E-state index contributed by atoms with van der Waals surface area (Å²) in [6.07, 6.45) is 3.74. The van der Waals surface area contributed by atoms with E-state index in [1.165, 1.54) is 35.6 Å². The van der Waals surface area contributed by atoms with E-state index in [0.717, 1.165) is 16.3 Å². The fourth-order valence-corrected chi connectivity index (χ4v) is 5.29. The number of anilines is 1. The Morgan fingerprint density at radius 1 is 1.09 bits per heavy atom. The Bertz CT molecular complexity index is 1360. The van der Waals surface area contributed by atoms with Crippen molar-refractivity contribution in [3.05, 3.63) is 100 Å². The second kappa shape index (κ2) is 10.3. The highest BCUT2D eigenvalue weighted by atomic mass is 32.2. The molecule has 0 aliphatic carbocycles. The van der Waals surface area contributed by atoms with Gasteiger partial charge in [0.15, 0.2) is 0 Å². The molecule has 0 unspecified atom stereocenters. The Labute approximate surface area is 203 Å². The molecule has 7 nitrogen and oxygen atoms in total.